The minimum atomic E-state index is -3.36. The summed E-state index contributed by atoms with van der Waals surface area (Å²) in [5.41, 5.74) is 0.392. The first-order valence-electron chi connectivity index (χ1n) is 9.03. The molecule has 0 spiro atoms. The number of hydrogen-bond acceptors (Lipinski definition) is 6. The molecule has 1 heterocycles. The van der Waals surface area contributed by atoms with Gasteiger partial charge in [0.2, 0.25) is 5.91 Å². The predicted molar refractivity (Wildman–Crippen MR) is 114 cm³/mol. The van der Waals surface area contributed by atoms with E-state index >= 15 is 0 Å². The first-order valence-corrected chi connectivity index (χ1v) is 11.7. The molecular weight excluding hydrogens is 429 g/mol. The maximum absolute atomic E-state index is 13.9. The van der Waals surface area contributed by atoms with E-state index < -0.39 is 33.5 Å². The molecule has 2 aromatic carbocycles. The molecule has 0 fully saturated rings. The van der Waals surface area contributed by atoms with Crippen LogP contribution in [0.15, 0.2) is 47.4 Å². The SMILES string of the molecule is CC(C)[C@@H](NC(=O)c1ccccc1F)C(=O)Nc1nc2ccc(S(C)(=O)=O)cc2s1. The lowest BCUT2D eigenvalue weighted by Gasteiger charge is -2.21. The number of hydrogen-bond donors (Lipinski definition) is 2. The number of carbonyl (C=O) groups excluding carboxylic acids is 2. The van der Waals surface area contributed by atoms with Gasteiger partial charge >= 0.3 is 0 Å². The van der Waals surface area contributed by atoms with Crippen molar-refractivity contribution in [1.29, 1.82) is 0 Å². The Morgan fingerprint density at radius 1 is 1.13 bits per heavy atom. The lowest BCUT2D eigenvalue weighted by molar-refractivity contribution is -0.118. The van der Waals surface area contributed by atoms with Gasteiger partial charge in [-0.25, -0.2) is 17.8 Å². The number of halogens is 1. The Morgan fingerprint density at radius 3 is 2.47 bits per heavy atom. The molecular formula is C20H20FN3O4S2. The van der Waals surface area contributed by atoms with Crippen molar-refractivity contribution < 1.29 is 22.4 Å². The molecule has 3 rings (SSSR count). The van der Waals surface area contributed by atoms with E-state index in [2.05, 4.69) is 15.6 Å². The molecule has 7 nitrogen and oxygen atoms in total. The number of benzene rings is 2. The zero-order valence-electron chi connectivity index (χ0n) is 16.5. The summed E-state index contributed by atoms with van der Waals surface area (Å²) in [5, 5.41) is 5.49. The van der Waals surface area contributed by atoms with Crippen LogP contribution in [-0.2, 0) is 14.6 Å². The molecule has 30 heavy (non-hydrogen) atoms. The summed E-state index contributed by atoms with van der Waals surface area (Å²) in [5.74, 6) is -2.14. The van der Waals surface area contributed by atoms with E-state index in [0.717, 1.165) is 17.6 Å². The zero-order valence-corrected chi connectivity index (χ0v) is 18.1. The van der Waals surface area contributed by atoms with Gasteiger partial charge in [0.25, 0.3) is 5.91 Å². The number of sulfone groups is 1. The average Bonchev–Trinajstić information content (AvgIpc) is 3.06. The van der Waals surface area contributed by atoms with Gasteiger partial charge in [0.15, 0.2) is 15.0 Å². The standard InChI is InChI=1S/C20H20FN3O4S2/c1-11(2)17(23-18(25)13-6-4-5-7-14(13)21)19(26)24-20-22-15-9-8-12(30(3,27)28)10-16(15)29-20/h4-11,17H,1-3H3,(H,23,25)(H,22,24,26)/t17-/m1/s1. The van der Waals surface area contributed by atoms with E-state index in [1.165, 1.54) is 36.4 Å². The summed E-state index contributed by atoms with van der Waals surface area (Å²) in [7, 11) is -3.36. The molecule has 1 atom stereocenters. The maximum Gasteiger partial charge on any atom is 0.254 e. The molecule has 10 heteroatoms. The van der Waals surface area contributed by atoms with Gasteiger partial charge in [-0.1, -0.05) is 37.3 Å². The van der Waals surface area contributed by atoms with Crippen LogP contribution < -0.4 is 10.6 Å². The van der Waals surface area contributed by atoms with Crippen LogP contribution in [0.1, 0.15) is 24.2 Å². The second kappa shape index (κ2) is 8.49. The van der Waals surface area contributed by atoms with Gasteiger partial charge in [0, 0.05) is 6.26 Å². The lowest BCUT2D eigenvalue weighted by atomic mass is 10.0. The lowest BCUT2D eigenvalue weighted by Crippen LogP contribution is -2.47. The fourth-order valence-electron chi connectivity index (χ4n) is 2.77. The molecule has 0 aliphatic rings. The van der Waals surface area contributed by atoms with Crippen LogP contribution in [0.4, 0.5) is 9.52 Å². The van der Waals surface area contributed by atoms with Gasteiger partial charge in [0.05, 0.1) is 20.7 Å². The number of nitrogens with one attached hydrogen (secondary N) is 2. The highest BCUT2D eigenvalue weighted by atomic mass is 32.2. The van der Waals surface area contributed by atoms with Crippen molar-refractivity contribution in [3.8, 4) is 0 Å². The van der Waals surface area contributed by atoms with Gasteiger partial charge in [-0.05, 0) is 36.2 Å². The average molecular weight is 450 g/mol. The number of amides is 2. The predicted octanol–water partition coefficient (Wildman–Crippen LogP) is 3.23. The zero-order chi connectivity index (χ0) is 22.1. The highest BCUT2D eigenvalue weighted by Crippen LogP contribution is 2.28. The maximum atomic E-state index is 13.9. The second-order valence-electron chi connectivity index (χ2n) is 7.08. The molecule has 2 amide bonds. The Kier molecular flexibility index (Phi) is 6.18. The Bertz CT molecular complexity index is 1220. The van der Waals surface area contributed by atoms with Crippen LogP contribution >= 0.6 is 11.3 Å². The molecule has 0 aliphatic carbocycles. The van der Waals surface area contributed by atoms with E-state index in [9.17, 15) is 22.4 Å². The molecule has 158 valence electrons. The molecule has 0 bridgehead atoms. The van der Waals surface area contributed by atoms with Gasteiger partial charge in [-0.3, -0.25) is 9.59 Å². The largest absolute Gasteiger partial charge is 0.340 e. The summed E-state index contributed by atoms with van der Waals surface area (Å²) < 4.78 is 37.9. The summed E-state index contributed by atoms with van der Waals surface area (Å²) in [4.78, 5) is 29.6. The monoisotopic (exact) mass is 449 g/mol. The smallest absolute Gasteiger partial charge is 0.254 e. The van der Waals surface area contributed by atoms with Crippen molar-refractivity contribution in [2.45, 2.75) is 24.8 Å². The van der Waals surface area contributed by atoms with Crippen molar-refractivity contribution in [3.63, 3.8) is 0 Å². The van der Waals surface area contributed by atoms with Gasteiger partial charge in [-0.15, -0.1) is 0 Å². The first-order chi connectivity index (χ1) is 14.1. The normalized spacial score (nSPS) is 12.7. The van der Waals surface area contributed by atoms with Crippen molar-refractivity contribution in [1.82, 2.24) is 10.3 Å². The number of nitrogens with zero attached hydrogens (tertiary/aromatic N) is 1. The fraction of sp³-hybridized carbons (Fsp3) is 0.250. The van der Waals surface area contributed by atoms with Crippen LogP contribution in [0.5, 0.6) is 0 Å². The van der Waals surface area contributed by atoms with E-state index in [0.29, 0.717) is 10.2 Å². The highest BCUT2D eigenvalue weighted by molar-refractivity contribution is 7.90. The minimum absolute atomic E-state index is 0.149. The van der Waals surface area contributed by atoms with Crippen LogP contribution in [-0.4, -0.2) is 37.5 Å². The molecule has 1 aromatic heterocycles. The summed E-state index contributed by atoms with van der Waals surface area (Å²) in [6.07, 6.45) is 1.11. The topological polar surface area (TPSA) is 105 Å². The second-order valence-corrected chi connectivity index (χ2v) is 10.1. The molecule has 0 saturated carbocycles. The highest BCUT2D eigenvalue weighted by Gasteiger charge is 2.26. The summed E-state index contributed by atoms with van der Waals surface area (Å²) in [6.45, 7) is 3.51. The van der Waals surface area contributed by atoms with E-state index in [1.54, 1.807) is 19.9 Å². The number of rotatable bonds is 6. The minimum Gasteiger partial charge on any atom is -0.340 e. The van der Waals surface area contributed by atoms with Crippen LogP contribution in [0.25, 0.3) is 10.2 Å². The number of anilines is 1. The molecule has 2 N–H and O–H groups in total. The van der Waals surface area contributed by atoms with E-state index in [1.807, 2.05) is 0 Å². The van der Waals surface area contributed by atoms with Crippen molar-refractivity contribution in [3.05, 3.63) is 53.8 Å². The van der Waals surface area contributed by atoms with Gasteiger partial charge in [0.1, 0.15) is 11.9 Å². The third-order valence-corrected chi connectivity index (χ3v) is 6.42. The third-order valence-electron chi connectivity index (χ3n) is 4.37. The summed E-state index contributed by atoms with van der Waals surface area (Å²) >= 11 is 1.12. The van der Waals surface area contributed by atoms with Crippen LogP contribution in [0, 0.1) is 11.7 Å². The van der Waals surface area contributed by atoms with Gasteiger partial charge in [-0.2, -0.15) is 0 Å². The Morgan fingerprint density at radius 2 is 1.83 bits per heavy atom. The van der Waals surface area contributed by atoms with Crippen molar-refractivity contribution in [2.24, 2.45) is 5.92 Å². The number of fused-ring (bicyclic) bond motifs is 1. The Labute approximate surface area is 177 Å². The molecule has 0 saturated heterocycles. The molecule has 0 radical (unpaired) electrons. The van der Waals surface area contributed by atoms with Crippen molar-refractivity contribution in [2.75, 3.05) is 11.6 Å². The number of carbonyl (C=O) groups is 2. The summed E-state index contributed by atoms with van der Waals surface area (Å²) in [6, 6.07) is 9.12. The Hall–Kier alpha value is -2.85. The van der Waals surface area contributed by atoms with E-state index in [4.69, 9.17) is 0 Å². The third kappa shape index (κ3) is 4.82. The number of aromatic nitrogens is 1. The molecule has 0 unspecified atom stereocenters. The quantitative estimate of drug-likeness (QED) is 0.601. The molecule has 3 aromatic rings. The Balaban J connectivity index is 1.79. The van der Waals surface area contributed by atoms with Gasteiger partial charge < -0.3 is 10.6 Å². The number of thiazole rings is 1. The fourth-order valence-corrected chi connectivity index (χ4v) is 4.40. The van der Waals surface area contributed by atoms with Crippen LogP contribution in [0.2, 0.25) is 0 Å². The van der Waals surface area contributed by atoms with Crippen molar-refractivity contribution >= 4 is 48.3 Å². The van der Waals surface area contributed by atoms with Crippen LogP contribution in [0.3, 0.4) is 0 Å². The van der Waals surface area contributed by atoms with E-state index in [-0.39, 0.29) is 21.5 Å². The first kappa shape index (κ1) is 21.8. The molecule has 0 aliphatic heterocycles.